The Morgan fingerprint density at radius 2 is 2.30 bits per heavy atom. The zero-order valence-electron chi connectivity index (χ0n) is 6.64. The lowest BCUT2D eigenvalue weighted by Crippen LogP contribution is -2.34. The van der Waals surface area contributed by atoms with Crippen LogP contribution in [0.2, 0.25) is 0 Å². The molecule has 1 heterocycles. The van der Waals surface area contributed by atoms with E-state index in [0.717, 1.165) is 6.61 Å². The van der Waals surface area contributed by atoms with Crippen LogP contribution in [0.3, 0.4) is 0 Å². The number of hydrogen-bond acceptors (Lipinski definition) is 1. The van der Waals surface area contributed by atoms with Crippen molar-refractivity contribution in [3.8, 4) is 0 Å². The monoisotopic (exact) mass is 206 g/mol. The van der Waals surface area contributed by atoms with Gasteiger partial charge in [0.2, 0.25) is 0 Å². The molecule has 60 valence electrons. The molecule has 0 aromatic rings. The summed E-state index contributed by atoms with van der Waals surface area (Å²) < 4.78 is 5.52. The fourth-order valence-corrected chi connectivity index (χ4v) is 2.58. The number of hydrogen-bond donors (Lipinski definition) is 0. The molecule has 1 nitrogen and oxygen atoms in total. The SMILES string of the molecule is CC[C@@H]1[C@H](Br)CCO[C@@H]1C. The lowest BCUT2D eigenvalue weighted by Gasteiger charge is -2.32. The zero-order valence-corrected chi connectivity index (χ0v) is 8.23. The van der Waals surface area contributed by atoms with E-state index in [1.165, 1.54) is 12.8 Å². The molecule has 0 N–H and O–H groups in total. The first kappa shape index (κ1) is 8.54. The van der Waals surface area contributed by atoms with Crippen LogP contribution in [-0.2, 0) is 4.74 Å². The summed E-state index contributed by atoms with van der Waals surface area (Å²) in [6.07, 6.45) is 2.84. The van der Waals surface area contributed by atoms with Gasteiger partial charge in [0.05, 0.1) is 6.10 Å². The van der Waals surface area contributed by atoms with Crippen molar-refractivity contribution < 1.29 is 4.74 Å². The summed E-state index contributed by atoms with van der Waals surface area (Å²) in [5, 5.41) is 0. The Morgan fingerprint density at radius 3 is 2.70 bits per heavy atom. The third kappa shape index (κ3) is 1.73. The van der Waals surface area contributed by atoms with Crippen molar-refractivity contribution in [2.75, 3.05) is 6.61 Å². The molecular formula is C8H15BrO. The fourth-order valence-electron chi connectivity index (χ4n) is 1.59. The van der Waals surface area contributed by atoms with Gasteiger partial charge in [-0.25, -0.2) is 0 Å². The van der Waals surface area contributed by atoms with Crippen LogP contribution in [0.1, 0.15) is 26.7 Å². The molecule has 0 aliphatic carbocycles. The van der Waals surface area contributed by atoms with E-state index in [-0.39, 0.29) is 0 Å². The third-order valence-corrected chi connectivity index (χ3v) is 3.45. The van der Waals surface area contributed by atoms with Gasteiger partial charge in [-0.3, -0.25) is 0 Å². The third-order valence-electron chi connectivity index (χ3n) is 2.31. The normalized spacial score (nSPS) is 41.7. The van der Waals surface area contributed by atoms with Crippen molar-refractivity contribution in [1.82, 2.24) is 0 Å². The van der Waals surface area contributed by atoms with Gasteiger partial charge in [-0.15, -0.1) is 0 Å². The van der Waals surface area contributed by atoms with E-state index in [2.05, 4.69) is 29.8 Å². The maximum absolute atomic E-state index is 5.52. The predicted octanol–water partition coefficient (Wildman–Crippen LogP) is 2.58. The topological polar surface area (TPSA) is 9.23 Å². The Kier molecular flexibility index (Phi) is 3.18. The Balaban J connectivity index is 2.45. The summed E-state index contributed by atoms with van der Waals surface area (Å²) in [6.45, 7) is 5.32. The van der Waals surface area contributed by atoms with Crippen LogP contribution in [-0.4, -0.2) is 17.5 Å². The van der Waals surface area contributed by atoms with E-state index in [1.54, 1.807) is 0 Å². The summed E-state index contributed by atoms with van der Waals surface area (Å²) in [7, 11) is 0. The molecule has 0 spiro atoms. The molecular weight excluding hydrogens is 192 g/mol. The first-order valence-corrected chi connectivity index (χ1v) is 4.93. The van der Waals surface area contributed by atoms with Crippen LogP contribution >= 0.6 is 15.9 Å². The van der Waals surface area contributed by atoms with E-state index < -0.39 is 0 Å². The second-order valence-electron chi connectivity index (χ2n) is 2.95. The van der Waals surface area contributed by atoms with Crippen molar-refractivity contribution in [3.05, 3.63) is 0 Å². The molecule has 0 saturated carbocycles. The van der Waals surface area contributed by atoms with E-state index in [9.17, 15) is 0 Å². The number of rotatable bonds is 1. The quantitative estimate of drug-likeness (QED) is 0.600. The maximum atomic E-state index is 5.52. The Hall–Kier alpha value is 0.440. The van der Waals surface area contributed by atoms with Crippen LogP contribution in [0, 0.1) is 5.92 Å². The molecule has 2 heteroatoms. The van der Waals surface area contributed by atoms with Crippen molar-refractivity contribution in [3.63, 3.8) is 0 Å². The van der Waals surface area contributed by atoms with Crippen molar-refractivity contribution in [2.24, 2.45) is 5.92 Å². The minimum atomic E-state index is 0.447. The molecule has 10 heavy (non-hydrogen) atoms. The molecule has 0 aromatic heterocycles. The predicted molar refractivity (Wildman–Crippen MR) is 46.5 cm³/mol. The molecule has 0 radical (unpaired) electrons. The molecule has 0 unspecified atom stereocenters. The molecule has 1 aliphatic heterocycles. The Bertz CT molecular complexity index is 95.4. The van der Waals surface area contributed by atoms with E-state index in [0.29, 0.717) is 16.8 Å². The summed E-state index contributed by atoms with van der Waals surface area (Å²) in [4.78, 5) is 0.682. The molecule has 1 saturated heterocycles. The van der Waals surface area contributed by atoms with Crippen LogP contribution in [0.25, 0.3) is 0 Å². The van der Waals surface area contributed by atoms with Crippen LogP contribution < -0.4 is 0 Å². The van der Waals surface area contributed by atoms with Gasteiger partial charge < -0.3 is 4.74 Å². The summed E-state index contributed by atoms with van der Waals surface area (Å²) >= 11 is 3.68. The first-order valence-electron chi connectivity index (χ1n) is 4.01. The Labute approximate surface area is 71.3 Å². The van der Waals surface area contributed by atoms with Gasteiger partial charge in [0.1, 0.15) is 0 Å². The van der Waals surface area contributed by atoms with Gasteiger partial charge in [-0.05, 0) is 25.7 Å². The fraction of sp³-hybridized carbons (Fsp3) is 1.00. The summed E-state index contributed by atoms with van der Waals surface area (Å²) in [5.41, 5.74) is 0. The average Bonchev–Trinajstić information content (AvgIpc) is 1.88. The van der Waals surface area contributed by atoms with Crippen LogP contribution in [0.5, 0.6) is 0 Å². The van der Waals surface area contributed by atoms with Crippen molar-refractivity contribution in [2.45, 2.75) is 37.6 Å². The highest BCUT2D eigenvalue weighted by molar-refractivity contribution is 9.09. The highest BCUT2D eigenvalue weighted by Crippen LogP contribution is 2.29. The molecule has 1 rings (SSSR count). The molecule has 0 bridgehead atoms. The van der Waals surface area contributed by atoms with Gasteiger partial charge in [0, 0.05) is 11.4 Å². The van der Waals surface area contributed by atoms with Crippen molar-refractivity contribution in [1.29, 1.82) is 0 Å². The second-order valence-corrected chi connectivity index (χ2v) is 4.13. The standard InChI is InChI=1S/C8H15BrO/c1-3-7-6(2)10-5-4-8(7)9/h6-8H,3-5H2,1-2H3/t6-,7+,8-/m1/s1. The average molecular weight is 207 g/mol. The zero-order chi connectivity index (χ0) is 7.56. The van der Waals surface area contributed by atoms with Gasteiger partial charge in [0.15, 0.2) is 0 Å². The number of alkyl halides is 1. The molecule has 1 aliphatic rings. The van der Waals surface area contributed by atoms with Gasteiger partial charge in [0.25, 0.3) is 0 Å². The molecule has 0 aromatic carbocycles. The van der Waals surface area contributed by atoms with Crippen molar-refractivity contribution >= 4 is 15.9 Å². The molecule has 0 amide bonds. The van der Waals surface area contributed by atoms with Gasteiger partial charge >= 0.3 is 0 Å². The smallest absolute Gasteiger partial charge is 0.0585 e. The highest BCUT2D eigenvalue weighted by Gasteiger charge is 2.27. The number of halogens is 1. The van der Waals surface area contributed by atoms with E-state index in [4.69, 9.17) is 4.74 Å². The lowest BCUT2D eigenvalue weighted by atomic mass is 9.93. The van der Waals surface area contributed by atoms with Crippen LogP contribution in [0.15, 0.2) is 0 Å². The maximum Gasteiger partial charge on any atom is 0.0585 e. The summed E-state index contributed by atoms with van der Waals surface area (Å²) in [6, 6.07) is 0. The minimum Gasteiger partial charge on any atom is -0.378 e. The number of ether oxygens (including phenoxy) is 1. The Morgan fingerprint density at radius 1 is 1.60 bits per heavy atom. The lowest BCUT2D eigenvalue weighted by molar-refractivity contribution is -0.0104. The minimum absolute atomic E-state index is 0.447. The second kappa shape index (κ2) is 3.72. The molecule has 3 atom stereocenters. The molecule has 1 fully saturated rings. The largest absolute Gasteiger partial charge is 0.378 e. The van der Waals surface area contributed by atoms with E-state index in [1.807, 2.05) is 0 Å². The van der Waals surface area contributed by atoms with E-state index >= 15 is 0 Å². The summed E-state index contributed by atoms with van der Waals surface area (Å²) in [5.74, 6) is 0.716. The van der Waals surface area contributed by atoms with Gasteiger partial charge in [-0.2, -0.15) is 0 Å². The van der Waals surface area contributed by atoms with Crippen LogP contribution in [0.4, 0.5) is 0 Å². The van der Waals surface area contributed by atoms with Gasteiger partial charge in [-0.1, -0.05) is 22.9 Å². The highest BCUT2D eigenvalue weighted by atomic mass is 79.9. The first-order chi connectivity index (χ1) is 4.75.